The van der Waals surface area contributed by atoms with E-state index in [1.165, 1.54) is 6.07 Å². The fourth-order valence-corrected chi connectivity index (χ4v) is 4.13. The molecule has 2 aromatic carbocycles. The summed E-state index contributed by atoms with van der Waals surface area (Å²) in [6.07, 6.45) is 1.000. The summed E-state index contributed by atoms with van der Waals surface area (Å²) in [4.78, 5) is 13.0. The molecule has 0 fully saturated rings. The van der Waals surface area contributed by atoms with Crippen LogP contribution in [0.2, 0.25) is 0 Å². The SMILES string of the molecule is CCC1(CC)O[C@@H]2c3cc([N+](=O)[O-])ccc3O[C@H](C)N2c2ccccc21. The molecule has 136 valence electrons. The maximum absolute atomic E-state index is 11.3. The second kappa shape index (κ2) is 5.99. The van der Waals surface area contributed by atoms with Crippen LogP contribution in [-0.4, -0.2) is 11.2 Å². The van der Waals surface area contributed by atoms with Gasteiger partial charge in [0.1, 0.15) is 5.75 Å². The lowest BCUT2D eigenvalue weighted by molar-refractivity contribution is -0.385. The Morgan fingerprint density at radius 2 is 1.92 bits per heavy atom. The summed E-state index contributed by atoms with van der Waals surface area (Å²) in [7, 11) is 0. The molecule has 0 unspecified atom stereocenters. The molecule has 2 aliphatic rings. The molecule has 0 amide bonds. The van der Waals surface area contributed by atoms with Gasteiger partial charge in [-0.15, -0.1) is 0 Å². The van der Waals surface area contributed by atoms with Crippen molar-refractivity contribution in [3.05, 3.63) is 63.7 Å². The maximum Gasteiger partial charge on any atom is 0.270 e. The number of fused-ring (bicyclic) bond motifs is 5. The van der Waals surface area contributed by atoms with E-state index in [9.17, 15) is 10.1 Å². The van der Waals surface area contributed by atoms with E-state index in [0.29, 0.717) is 11.3 Å². The Bertz CT molecular complexity index is 863. The molecule has 26 heavy (non-hydrogen) atoms. The van der Waals surface area contributed by atoms with Crippen molar-refractivity contribution in [1.82, 2.24) is 0 Å². The Labute approximate surface area is 152 Å². The van der Waals surface area contributed by atoms with Gasteiger partial charge >= 0.3 is 0 Å². The highest BCUT2D eigenvalue weighted by atomic mass is 16.6. The Balaban J connectivity index is 1.93. The maximum atomic E-state index is 11.3. The third-order valence-electron chi connectivity index (χ3n) is 5.56. The van der Waals surface area contributed by atoms with E-state index < -0.39 is 11.8 Å². The van der Waals surface area contributed by atoms with E-state index in [4.69, 9.17) is 9.47 Å². The number of nitro benzene ring substituents is 1. The van der Waals surface area contributed by atoms with Crippen LogP contribution in [0.4, 0.5) is 11.4 Å². The summed E-state index contributed by atoms with van der Waals surface area (Å²) in [6.45, 7) is 6.21. The molecule has 0 aliphatic carbocycles. The van der Waals surface area contributed by atoms with E-state index in [-0.39, 0.29) is 16.8 Å². The van der Waals surface area contributed by atoms with Gasteiger partial charge in [-0.25, -0.2) is 0 Å². The minimum atomic E-state index is -0.420. The summed E-state index contributed by atoms with van der Waals surface area (Å²) >= 11 is 0. The first-order chi connectivity index (χ1) is 12.5. The average Bonchev–Trinajstić information content (AvgIpc) is 2.66. The van der Waals surface area contributed by atoms with Crippen molar-refractivity contribution in [3.63, 3.8) is 0 Å². The summed E-state index contributed by atoms with van der Waals surface area (Å²) in [5.74, 6) is 0.643. The van der Waals surface area contributed by atoms with Gasteiger partial charge in [0.25, 0.3) is 5.69 Å². The largest absolute Gasteiger partial charge is 0.470 e. The molecule has 6 heteroatoms. The number of hydrogen-bond donors (Lipinski definition) is 0. The van der Waals surface area contributed by atoms with Crippen LogP contribution in [0.25, 0.3) is 0 Å². The smallest absolute Gasteiger partial charge is 0.270 e. The lowest BCUT2D eigenvalue weighted by Crippen LogP contribution is -2.52. The van der Waals surface area contributed by atoms with Crippen LogP contribution in [0, 0.1) is 10.1 Å². The van der Waals surface area contributed by atoms with Crippen molar-refractivity contribution >= 4 is 11.4 Å². The molecule has 0 radical (unpaired) electrons. The summed E-state index contributed by atoms with van der Waals surface area (Å²) in [5.41, 5.74) is 2.54. The zero-order chi connectivity index (χ0) is 18.5. The van der Waals surface area contributed by atoms with E-state index >= 15 is 0 Å². The number of nitrogens with zero attached hydrogens (tertiary/aromatic N) is 2. The molecule has 0 saturated carbocycles. The van der Waals surface area contributed by atoms with Gasteiger partial charge in [0.2, 0.25) is 0 Å². The average molecular weight is 354 g/mol. The van der Waals surface area contributed by atoms with Gasteiger partial charge in [0.05, 0.1) is 16.1 Å². The number of anilines is 1. The van der Waals surface area contributed by atoms with E-state index in [1.807, 2.05) is 19.1 Å². The predicted molar refractivity (Wildman–Crippen MR) is 98.2 cm³/mol. The van der Waals surface area contributed by atoms with Gasteiger partial charge in [0, 0.05) is 23.4 Å². The number of ether oxygens (including phenoxy) is 2. The number of rotatable bonds is 3. The van der Waals surface area contributed by atoms with Gasteiger partial charge in [0.15, 0.2) is 12.5 Å². The van der Waals surface area contributed by atoms with Crippen molar-refractivity contribution in [1.29, 1.82) is 0 Å². The quantitative estimate of drug-likeness (QED) is 0.580. The molecule has 4 rings (SSSR count). The lowest BCUT2D eigenvalue weighted by Gasteiger charge is -2.52. The number of nitro groups is 1. The Kier molecular flexibility index (Phi) is 3.88. The highest BCUT2D eigenvalue weighted by Crippen LogP contribution is 2.53. The standard InChI is InChI=1S/C20H22N2O4/c1-4-20(5-2)16-8-6-7-9-17(16)21-13(3)25-18-11-10-14(22(23)24)12-15(18)19(21)26-20/h6-13,19H,4-5H2,1-3H3/t13-,19-/m1/s1. The normalized spacial score (nSPS) is 22.7. The molecule has 2 heterocycles. The third-order valence-corrected chi connectivity index (χ3v) is 5.56. The molecule has 0 saturated heterocycles. The highest BCUT2D eigenvalue weighted by Gasteiger charge is 2.47. The molecule has 2 aliphatic heterocycles. The zero-order valence-corrected chi connectivity index (χ0v) is 15.1. The Morgan fingerprint density at radius 3 is 2.62 bits per heavy atom. The number of non-ortho nitro benzene ring substituents is 1. The highest BCUT2D eigenvalue weighted by molar-refractivity contribution is 5.62. The predicted octanol–water partition coefficient (Wildman–Crippen LogP) is 4.88. The molecular formula is C20H22N2O4. The van der Waals surface area contributed by atoms with Crippen LogP contribution in [0.15, 0.2) is 42.5 Å². The minimum Gasteiger partial charge on any atom is -0.470 e. The van der Waals surface area contributed by atoms with E-state index in [1.54, 1.807) is 12.1 Å². The van der Waals surface area contributed by atoms with Gasteiger partial charge < -0.3 is 14.4 Å². The van der Waals surface area contributed by atoms with Crippen molar-refractivity contribution < 1.29 is 14.4 Å². The summed E-state index contributed by atoms with van der Waals surface area (Å²) < 4.78 is 12.7. The molecule has 2 aromatic rings. The van der Waals surface area contributed by atoms with E-state index in [0.717, 1.165) is 24.1 Å². The van der Waals surface area contributed by atoms with Crippen LogP contribution < -0.4 is 9.64 Å². The summed E-state index contributed by atoms with van der Waals surface area (Å²) in [6, 6.07) is 12.9. The van der Waals surface area contributed by atoms with Crippen LogP contribution in [0.5, 0.6) is 5.75 Å². The molecule has 0 bridgehead atoms. The van der Waals surface area contributed by atoms with Crippen LogP contribution in [0.3, 0.4) is 0 Å². The number of para-hydroxylation sites is 1. The Hall–Kier alpha value is -2.60. The Morgan fingerprint density at radius 1 is 1.19 bits per heavy atom. The molecule has 6 nitrogen and oxygen atoms in total. The zero-order valence-electron chi connectivity index (χ0n) is 15.1. The second-order valence-corrected chi connectivity index (χ2v) is 6.79. The van der Waals surface area contributed by atoms with Gasteiger partial charge in [-0.05, 0) is 31.9 Å². The van der Waals surface area contributed by atoms with Crippen molar-refractivity contribution in [2.75, 3.05) is 4.90 Å². The van der Waals surface area contributed by atoms with Crippen molar-refractivity contribution in [3.8, 4) is 5.75 Å². The fraction of sp³-hybridized carbons (Fsp3) is 0.400. The van der Waals surface area contributed by atoms with Crippen LogP contribution in [0.1, 0.15) is 51.0 Å². The topological polar surface area (TPSA) is 64.8 Å². The first-order valence-electron chi connectivity index (χ1n) is 9.01. The molecular weight excluding hydrogens is 332 g/mol. The van der Waals surface area contributed by atoms with Gasteiger partial charge in [-0.3, -0.25) is 10.1 Å². The van der Waals surface area contributed by atoms with Crippen LogP contribution >= 0.6 is 0 Å². The first kappa shape index (κ1) is 16.8. The molecule has 0 aromatic heterocycles. The van der Waals surface area contributed by atoms with Gasteiger partial charge in [-0.2, -0.15) is 0 Å². The molecule has 0 N–H and O–H groups in total. The van der Waals surface area contributed by atoms with Crippen molar-refractivity contribution in [2.45, 2.75) is 51.7 Å². The lowest BCUT2D eigenvalue weighted by atomic mass is 9.84. The summed E-state index contributed by atoms with van der Waals surface area (Å²) in [5, 5.41) is 11.3. The molecule has 0 spiro atoms. The fourth-order valence-electron chi connectivity index (χ4n) is 4.13. The minimum absolute atomic E-state index is 0.0444. The second-order valence-electron chi connectivity index (χ2n) is 6.79. The number of hydrogen-bond acceptors (Lipinski definition) is 5. The van der Waals surface area contributed by atoms with Gasteiger partial charge in [-0.1, -0.05) is 32.0 Å². The first-order valence-corrected chi connectivity index (χ1v) is 9.01. The monoisotopic (exact) mass is 354 g/mol. The third kappa shape index (κ3) is 2.29. The van der Waals surface area contributed by atoms with E-state index in [2.05, 4.69) is 30.9 Å². The molecule has 2 atom stereocenters. The van der Waals surface area contributed by atoms with Crippen molar-refractivity contribution in [2.24, 2.45) is 0 Å². The number of benzene rings is 2. The van der Waals surface area contributed by atoms with Crippen LogP contribution in [-0.2, 0) is 10.3 Å².